The first kappa shape index (κ1) is 15.4. The summed E-state index contributed by atoms with van der Waals surface area (Å²) in [5.41, 5.74) is 0. The molecular formula is C12H23NO4S. The lowest BCUT2D eigenvalue weighted by molar-refractivity contribution is -0.144. The third-order valence-electron chi connectivity index (χ3n) is 3.48. The average Bonchev–Trinajstić information content (AvgIpc) is 2.25. The number of likely N-dealkylation sites (tertiary alicyclic amines) is 1. The van der Waals surface area contributed by atoms with Gasteiger partial charge in [-0.1, -0.05) is 6.42 Å². The van der Waals surface area contributed by atoms with Gasteiger partial charge in [0.1, 0.15) is 6.04 Å². The highest BCUT2D eigenvalue weighted by Gasteiger charge is 2.32. The highest BCUT2D eigenvalue weighted by molar-refractivity contribution is 7.92. The molecule has 18 heavy (non-hydrogen) atoms. The van der Waals surface area contributed by atoms with Crippen LogP contribution in [-0.4, -0.2) is 54.0 Å². The van der Waals surface area contributed by atoms with Crippen molar-refractivity contribution in [2.75, 3.05) is 18.8 Å². The number of rotatable bonds is 4. The summed E-state index contributed by atoms with van der Waals surface area (Å²) in [5, 5.41) is 9.11. The summed E-state index contributed by atoms with van der Waals surface area (Å²) < 4.78 is 23.2. The number of sulfone groups is 1. The van der Waals surface area contributed by atoms with Crippen molar-refractivity contribution in [1.82, 2.24) is 4.90 Å². The van der Waals surface area contributed by atoms with Crippen molar-refractivity contribution in [3.05, 3.63) is 0 Å². The SMILES string of the molecule is CC(C)(C)S(=O)(=O)CCN1CCCCC1C(=O)O. The zero-order chi connectivity index (χ0) is 14.0. The Labute approximate surface area is 109 Å². The van der Waals surface area contributed by atoms with E-state index < -0.39 is 26.6 Å². The van der Waals surface area contributed by atoms with E-state index >= 15 is 0 Å². The second kappa shape index (κ2) is 5.57. The van der Waals surface area contributed by atoms with Gasteiger partial charge in [-0.2, -0.15) is 0 Å². The third-order valence-corrected chi connectivity index (χ3v) is 6.07. The molecule has 0 aliphatic carbocycles. The maximum absolute atomic E-state index is 12.0. The number of nitrogens with zero attached hydrogens (tertiary/aromatic N) is 1. The summed E-state index contributed by atoms with van der Waals surface area (Å²) in [6.07, 6.45) is 2.46. The molecule has 1 N–H and O–H groups in total. The van der Waals surface area contributed by atoms with Crippen molar-refractivity contribution in [3.8, 4) is 0 Å². The predicted octanol–water partition coefficient (Wildman–Crippen LogP) is 1.14. The standard InChI is InChI=1S/C12H23NO4S/c1-12(2,3)18(16,17)9-8-13-7-5-4-6-10(13)11(14)15/h10H,4-9H2,1-3H3,(H,14,15). The topological polar surface area (TPSA) is 74.7 Å². The summed E-state index contributed by atoms with van der Waals surface area (Å²) in [6.45, 7) is 6.01. The maximum Gasteiger partial charge on any atom is 0.320 e. The monoisotopic (exact) mass is 277 g/mol. The third kappa shape index (κ3) is 3.68. The Hall–Kier alpha value is -0.620. The minimum absolute atomic E-state index is 0.0281. The summed E-state index contributed by atoms with van der Waals surface area (Å²) in [6, 6.07) is -0.520. The first-order chi connectivity index (χ1) is 8.15. The van der Waals surface area contributed by atoms with Gasteiger partial charge in [0, 0.05) is 6.54 Å². The zero-order valence-corrected chi connectivity index (χ0v) is 12.2. The van der Waals surface area contributed by atoms with Gasteiger partial charge in [0.25, 0.3) is 0 Å². The van der Waals surface area contributed by atoms with Gasteiger partial charge in [-0.15, -0.1) is 0 Å². The molecule has 106 valence electrons. The number of piperidine rings is 1. The van der Waals surface area contributed by atoms with Crippen LogP contribution in [0.1, 0.15) is 40.0 Å². The Bertz CT molecular complexity index is 397. The number of hydrogen-bond donors (Lipinski definition) is 1. The average molecular weight is 277 g/mol. The lowest BCUT2D eigenvalue weighted by Gasteiger charge is -2.33. The Morgan fingerprint density at radius 3 is 2.44 bits per heavy atom. The van der Waals surface area contributed by atoms with Gasteiger partial charge in [-0.3, -0.25) is 9.69 Å². The van der Waals surface area contributed by atoms with Crippen molar-refractivity contribution in [1.29, 1.82) is 0 Å². The van der Waals surface area contributed by atoms with Crippen LogP contribution in [0.4, 0.5) is 0 Å². The second-order valence-corrected chi connectivity index (χ2v) is 8.68. The highest BCUT2D eigenvalue weighted by Crippen LogP contribution is 2.20. The van der Waals surface area contributed by atoms with Crippen LogP contribution in [0.2, 0.25) is 0 Å². The quantitative estimate of drug-likeness (QED) is 0.834. The van der Waals surface area contributed by atoms with Crippen LogP contribution in [0.15, 0.2) is 0 Å². The molecule has 0 radical (unpaired) electrons. The maximum atomic E-state index is 12.0. The van der Waals surface area contributed by atoms with E-state index in [4.69, 9.17) is 5.11 Å². The van der Waals surface area contributed by atoms with Gasteiger partial charge in [-0.25, -0.2) is 8.42 Å². The summed E-state index contributed by atoms with van der Waals surface area (Å²) in [5.74, 6) is -0.817. The van der Waals surface area contributed by atoms with Gasteiger partial charge >= 0.3 is 5.97 Å². The molecule has 0 amide bonds. The van der Waals surface area contributed by atoms with Crippen LogP contribution in [-0.2, 0) is 14.6 Å². The Morgan fingerprint density at radius 1 is 1.33 bits per heavy atom. The first-order valence-corrected chi connectivity index (χ1v) is 7.99. The van der Waals surface area contributed by atoms with E-state index in [1.807, 2.05) is 0 Å². The van der Waals surface area contributed by atoms with Crippen molar-refractivity contribution in [2.45, 2.75) is 50.8 Å². The van der Waals surface area contributed by atoms with Gasteiger partial charge in [-0.05, 0) is 40.2 Å². The minimum atomic E-state index is -3.18. The van der Waals surface area contributed by atoms with Gasteiger partial charge in [0.15, 0.2) is 9.84 Å². The molecule has 1 unspecified atom stereocenters. The highest BCUT2D eigenvalue weighted by atomic mass is 32.2. The normalized spacial score (nSPS) is 22.9. The summed E-state index contributed by atoms with van der Waals surface area (Å²) in [7, 11) is -3.18. The van der Waals surface area contributed by atoms with Gasteiger partial charge in [0.2, 0.25) is 0 Å². The second-order valence-electron chi connectivity index (χ2n) is 5.82. The molecule has 0 aromatic carbocycles. The van der Waals surface area contributed by atoms with Crippen LogP contribution in [0.3, 0.4) is 0 Å². The van der Waals surface area contributed by atoms with Crippen molar-refractivity contribution < 1.29 is 18.3 Å². The molecule has 1 aliphatic rings. The van der Waals surface area contributed by atoms with Gasteiger partial charge in [0.05, 0.1) is 10.5 Å². The predicted molar refractivity (Wildman–Crippen MR) is 70.4 cm³/mol. The molecule has 0 bridgehead atoms. The van der Waals surface area contributed by atoms with Crippen LogP contribution in [0.25, 0.3) is 0 Å². The summed E-state index contributed by atoms with van der Waals surface area (Å²) >= 11 is 0. The fourth-order valence-corrected chi connectivity index (χ4v) is 3.17. The molecule has 1 saturated heterocycles. The molecule has 5 nitrogen and oxygen atoms in total. The van der Waals surface area contributed by atoms with Crippen molar-refractivity contribution in [3.63, 3.8) is 0 Å². The van der Waals surface area contributed by atoms with Gasteiger partial charge < -0.3 is 5.11 Å². The molecule has 1 heterocycles. The number of hydrogen-bond acceptors (Lipinski definition) is 4. The van der Waals surface area contributed by atoms with E-state index in [9.17, 15) is 13.2 Å². The Balaban J connectivity index is 2.64. The van der Waals surface area contributed by atoms with E-state index in [2.05, 4.69) is 0 Å². The number of aliphatic carboxylic acids is 1. The Morgan fingerprint density at radius 2 is 1.94 bits per heavy atom. The molecule has 0 saturated carbocycles. The fourth-order valence-electron chi connectivity index (χ4n) is 2.08. The van der Waals surface area contributed by atoms with Crippen molar-refractivity contribution >= 4 is 15.8 Å². The smallest absolute Gasteiger partial charge is 0.320 e. The van der Waals surface area contributed by atoms with Crippen molar-refractivity contribution in [2.24, 2.45) is 0 Å². The van der Waals surface area contributed by atoms with E-state index in [1.54, 1.807) is 25.7 Å². The molecule has 1 atom stereocenters. The lowest BCUT2D eigenvalue weighted by Crippen LogP contribution is -2.47. The Kier molecular flexibility index (Phi) is 4.78. The minimum Gasteiger partial charge on any atom is -0.480 e. The molecular weight excluding hydrogens is 254 g/mol. The zero-order valence-electron chi connectivity index (χ0n) is 11.3. The van der Waals surface area contributed by atoms with Crippen LogP contribution < -0.4 is 0 Å². The number of carbonyl (C=O) groups is 1. The lowest BCUT2D eigenvalue weighted by atomic mass is 10.0. The molecule has 0 spiro atoms. The largest absolute Gasteiger partial charge is 0.480 e. The number of carboxylic acid groups (broad SMARTS) is 1. The van der Waals surface area contributed by atoms with E-state index in [1.165, 1.54) is 0 Å². The first-order valence-electron chi connectivity index (χ1n) is 6.34. The molecule has 0 aromatic rings. The molecule has 1 aliphatic heterocycles. The van der Waals surface area contributed by atoms with E-state index in [0.29, 0.717) is 19.5 Å². The molecule has 6 heteroatoms. The van der Waals surface area contributed by atoms with Crippen LogP contribution >= 0.6 is 0 Å². The number of carboxylic acids is 1. The van der Waals surface area contributed by atoms with E-state index in [0.717, 1.165) is 12.8 Å². The molecule has 1 fully saturated rings. The van der Waals surface area contributed by atoms with Crippen LogP contribution in [0.5, 0.6) is 0 Å². The summed E-state index contributed by atoms with van der Waals surface area (Å²) in [4.78, 5) is 12.9. The fraction of sp³-hybridized carbons (Fsp3) is 0.917. The van der Waals surface area contributed by atoms with E-state index in [-0.39, 0.29) is 5.75 Å². The molecule has 1 rings (SSSR count). The van der Waals surface area contributed by atoms with Crippen LogP contribution in [0, 0.1) is 0 Å². The molecule has 0 aromatic heterocycles.